The number of carbonyl (C=O) groups is 1. The van der Waals surface area contributed by atoms with Gasteiger partial charge < -0.3 is 4.74 Å². The van der Waals surface area contributed by atoms with E-state index in [9.17, 15) is 4.79 Å². The van der Waals surface area contributed by atoms with E-state index in [0.717, 1.165) is 25.7 Å². The van der Waals surface area contributed by atoms with Crippen LogP contribution in [0.2, 0.25) is 0 Å². The van der Waals surface area contributed by atoms with E-state index in [1.54, 1.807) is 0 Å². The Morgan fingerprint density at radius 2 is 1.55 bits per heavy atom. The molecule has 112 valence electrons. The lowest BCUT2D eigenvalue weighted by molar-refractivity contribution is -0.146. The summed E-state index contributed by atoms with van der Waals surface area (Å²) in [7, 11) is 0. The molecule has 0 radical (unpaired) electrons. The Bertz CT molecular complexity index is 339. The maximum absolute atomic E-state index is 11.6. The quantitative estimate of drug-likeness (QED) is 0.454. The summed E-state index contributed by atoms with van der Waals surface area (Å²) in [4.78, 5) is 11.6. The molecule has 1 unspecified atom stereocenters. The molecule has 0 spiro atoms. The lowest BCUT2D eigenvalue weighted by Gasteiger charge is -2.09. The van der Waals surface area contributed by atoms with E-state index in [0.29, 0.717) is 6.42 Å². The topological polar surface area (TPSA) is 26.3 Å². The molecule has 0 saturated heterocycles. The standard InChI is InChI=1S/C18H28O2/c1-17-15-13-11-9-7-5-3-2-4-6-8-10-12-14-16-18(19)20-17/h2-3,7,9,13,15,17H,4-6,8,10-12,14,16H2,1H3/b3-2-,9-7-,15-13-. The zero-order valence-corrected chi connectivity index (χ0v) is 12.7. The molecule has 1 heterocycles. The third-order valence-corrected chi connectivity index (χ3v) is 3.35. The van der Waals surface area contributed by atoms with Gasteiger partial charge in [-0.2, -0.15) is 0 Å². The van der Waals surface area contributed by atoms with E-state index in [2.05, 4.69) is 30.4 Å². The van der Waals surface area contributed by atoms with E-state index >= 15 is 0 Å². The van der Waals surface area contributed by atoms with Gasteiger partial charge in [-0.25, -0.2) is 0 Å². The SMILES string of the molecule is CC1/C=C\C/C=C\C/C=C\CCCCCCCC(=O)O1. The van der Waals surface area contributed by atoms with Crippen molar-refractivity contribution in [2.45, 2.75) is 70.8 Å². The van der Waals surface area contributed by atoms with Crippen LogP contribution in [0.25, 0.3) is 0 Å². The monoisotopic (exact) mass is 276 g/mol. The summed E-state index contributed by atoms with van der Waals surface area (Å²) in [5.74, 6) is -0.0678. The summed E-state index contributed by atoms with van der Waals surface area (Å²) in [5.41, 5.74) is 0. The van der Waals surface area contributed by atoms with Crippen molar-refractivity contribution >= 4 is 5.97 Å². The van der Waals surface area contributed by atoms with Crippen molar-refractivity contribution in [1.29, 1.82) is 0 Å². The minimum absolute atomic E-state index is 0.0678. The molecular weight excluding hydrogens is 248 g/mol. The van der Waals surface area contributed by atoms with Gasteiger partial charge in [-0.05, 0) is 45.1 Å². The van der Waals surface area contributed by atoms with Crippen LogP contribution in [-0.2, 0) is 9.53 Å². The summed E-state index contributed by atoms with van der Waals surface area (Å²) >= 11 is 0. The zero-order chi connectivity index (χ0) is 14.5. The Morgan fingerprint density at radius 1 is 0.900 bits per heavy atom. The molecule has 20 heavy (non-hydrogen) atoms. The van der Waals surface area contributed by atoms with Gasteiger partial charge in [0.15, 0.2) is 0 Å². The van der Waals surface area contributed by atoms with Gasteiger partial charge in [-0.15, -0.1) is 0 Å². The lowest BCUT2D eigenvalue weighted by Crippen LogP contribution is -2.12. The second kappa shape index (κ2) is 11.5. The number of rotatable bonds is 0. The zero-order valence-electron chi connectivity index (χ0n) is 12.7. The van der Waals surface area contributed by atoms with E-state index < -0.39 is 0 Å². The fourth-order valence-corrected chi connectivity index (χ4v) is 2.20. The average molecular weight is 276 g/mol. The molecule has 0 saturated carbocycles. The number of cyclic esters (lactones) is 1. The van der Waals surface area contributed by atoms with Crippen molar-refractivity contribution in [1.82, 2.24) is 0 Å². The predicted molar refractivity (Wildman–Crippen MR) is 84.5 cm³/mol. The minimum atomic E-state index is -0.116. The van der Waals surface area contributed by atoms with Crippen LogP contribution in [0.5, 0.6) is 0 Å². The van der Waals surface area contributed by atoms with Crippen molar-refractivity contribution in [2.24, 2.45) is 0 Å². The van der Waals surface area contributed by atoms with Gasteiger partial charge in [0.1, 0.15) is 6.10 Å². The molecule has 0 aromatic carbocycles. The Morgan fingerprint density at radius 3 is 2.40 bits per heavy atom. The van der Waals surface area contributed by atoms with Crippen molar-refractivity contribution in [3.05, 3.63) is 36.5 Å². The highest BCUT2D eigenvalue weighted by Crippen LogP contribution is 2.09. The Kier molecular flexibility index (Phi) is 9.64. The van der Waals surface area contributed by atoms with E-state index in [1.165, 1.54) is 25.7 Å². The highest BCUT2D eigenvalue weighted by atomic mass is 16.5. The number of hydrogen-bond acceptors (Lipinski definition) is 2. The first-order valence-corrected chi connectivity index (χ1v) is 7.95. The average Bonchev–Trinajstić information content (AvgIpc) is 2.42. The first-order valence-electron chi connectivity index (χ1n) is 7.95. The fraction of sp³-hybridized carbons (Fsp3) is 0.611. The number of allylic oxidation sites excluding steroid dienone is 5. The maximum atomic E-state index is 11.6. The highest BCUT2D eigenvalue weighted by molar-refractivity contribution is 5.69. The highest BCUT2D eigenvalue weighted by Gasteiger charge is 2.06. The summed E-state index contributed by atoms with van der Waals surface area (Å²) < 4.78 is 5.33. The molecule has 0 bridgehead atoms. The molecule has 0 aliphatic carbocycles. The normalized spacial score (nSPS) is 28.6. The summed E-state index contributed by atoms with van der Waals surface area (Å²) in [6.07, 6.45) is 22.2. The molecule has 0 N–H and O–H groups in total. The van der Waals surface area contributed by atoms with Crippen LogP contribution in [0.4, 0.5) is 0 Å². The first kappa shape index (κ1) is 16.7. The fourth-order valence-electron chi connectivity index (χ4n) is 2.20. The lowest BCUT2D eigenvalue weighted by atomic mass is 10.1. The largest absolute Gasteiger partial charge is 0.458 e. The van der Waals surface area contributed by atoms with Crippen LogP contribution >= 0.6 is 0 Å². The Hall–Kier alpha value is -1.31. The molecule has 0 amide bonds. The third-order valence-electron chi connectivity index (χ3n) is 3.35. The van der Waals surface area contributed by atoms with Crippen LogP contribution in [0.15, 0.2) is 36.5 Å². The van der Waals surface area contributed by atoms with Gasteiger partial charge in [-0.1, -0.05) is 49.6 Å². The Labute approximate surface area is 123 Å². The summed E-state index contributed by atoms with van der Waals surface area (Å²) in [6.45, 7) is 1.92. The van der Waals surface area contributed by atoms with Crippen molar-refractivity contribution in [2.75, 3.05) is 0 Å². The molecule has 0 aromatic heterocycles. The molecule has 2 heteroatoms. The Balaban J connectivity index is 2.39. The summed E-state index contributed by atoms with van der Waals surface area (Å²) in [5, 5.41) is 0. The second-order valence-corrected chi connectivity index (χ2v) is 5.34. The van der Waals surface area contributed by atoms with Crippen LogP contribution in [0, 0.1) is 0 Å². The molecule has 1 atom stereocenters. The van der Waals surface area contributed by atoms with Crippen LogP contribution in [-0.4, -0.2) is 12.1 Å². The molecule has 1 aliphatic heterocycles. The van der Waals surface area contributed by atoms with E-state index in [4.69, 9.17) is 4.74 Å². The second-order valence-electron chi connectivity index (χ2n) is 5.34. The van der Waals surface area contributed by atoms with Gasteiger partial charge in [0.2, 0.25) is 0 Å². The van der Waals surface area contributed by atoms with Gasteiger partial charge in [0.05, 0.1) is 0 Å². The molecular formula is C18H28O2. The van der Waals surface area contributed by atoms with Crippen LogP contribution < -0.4 is 0 Å². The molecule has 0 aromatic rings. The van der Waals surface area contributed by atoms with E-state index in [-0.39, 0.29) is 12.1 Å². The van der Waals surface area contributed by atoms with Crippen LogP contribution in [0.3, 0.4) is 0 Å². The smallest absolute Gasteiger partial charge is 0.306 e. The molecule has 1 rings (SSSR count). The predicted octanol–water partition coefficient (Wildman–Crippen LogP) is 5.11. The van der Waals surface area contributed by atoms with Gasteiger partial charge in [0.25, 0.3) is 0 Å². The maximum Gasteiger partial charge on any atom is 0.306 e. The molecule has 2 nitrogen and oxygen atoms in total. The van der Waals surface area contributed by atoms with E-state index in [1.807, 2.05) is 13.0 Å². The number of carbonyl (C=O) groups excluding carboxylic acids is 1. The van der Waals surface area contributed by atoms with Crippen molar-refractivity contribution in [3.8, 4) is 0 Å². The molecule has 1 aliphatic rings. The number of esters is 1. The number of ether oxygens (including phenoxy) is 1. The van der Waals surface area contributed by atoms with Gasteiger partial charge in [0, 0.05) is 6.42 Å². The van der Waals surface area contributed by atoms with Crippen molar-refractivity contribution in [3.63, 3.8) is 0 Å². The number of hydrogen-bond donors (Lipinski definition) is 0. The van der Waals surface area contributed by atoms with Gasteiger partial charge >= 0.3 is 5.97 Å². The third kappa shape index (κ3) is 9.60. The van der Waals surface area contributed by atoms with Crippen LogP contribution in [0.1, 0.15) is 64.7 Å². The molecule has 0 fully saturated rings. The van der Waals surface area contributed by atoms with Crippen molar-refractivity contribution < 1.29 is 9.53 Å². The minimum Gasteiger partial charge on any atom is -0.458 e. The summed E-state index contributed by atoms with van der Waals surface area (Å²) in [6, 6.07) is 0. The first-order chi connectivity index (χ1) is 9.79. The van der Waals surface area contributed by atoms with Gasteiger partial charge in [-0.3, -0.25) is 4.79 Å².